The quantitative estimate of drug-likeness (QED) is 0.368. The van der Waals surface area contributed by atoms with Gasteiger partial charge in [-0.2, -0.15) is 0 Å². The first-order chi connectivity index (χ1) is 16.6. The average Bonchev–Trinajstić information content (AvgIpc) is 3.16. The molecule has 2 amide bonds. The number of rotatable bonds is 6. The number of ether oxygens (including phenoxy) is 1. The zero-order valence-corrected chi connectivity index (χ0v) is 22.1. The molecule has 0 spiro atoms. The summed E-state index contributed by atoms with van der Waals surface area (Å²) >= 11 is 7.54. The first-order valence-electron chi connectivity index (χ1n) is 11.9. The van der Waals surface area contributed by atoms with Gasteiger partial charge in [0.15, 0.2) is 6.10 Å². The Bertz CT molecular complexity index is 1220. The highest BCUT2D eigenvalue weighted by Crippen LogP contribution is 2.44. The van der Waals surface area contributed by atoms with Crippen LogP contribution in [0.4, 0.5) is 10.7 Å². The number of amides is 2. The molecule has 1 aliphatic rings. The molecule has 0 radical (unpaired) electrons. The molecule has 1 aromatic heterocycles. The minimum atomic E-state index is -0.764. The molecule has 184 valence electrons. The number of thiophene rings is 1. The van der Waals surface area contributed by atoms with E-state index in [1.54, 1.807) is 31.2 Å². The molecule has 0 saturated heterocycles. The fourth-order valence-electron chi connectivity index (χ4n) is 4.38. The minimum absolute atomic E-state index is 0.177. The van der Waals surface area contributed by atoms with Gasteiger partial charge < -0.3 is 15.4 Å². The third-order valence-electron chi connectivity index (χ3n) is 6.46. The van der Waals surface area contributed by atoms with E-state index in [-0.39, 0.29) is 17.2 Å². The standard InChI is InChI=1S/C28H31ClN2O3S/c1-17(34-21-12-8-9-19(29)16-21)25(32)31-27-24(26(33)30-20-10-6-5-7-11-20)22-14-13-18(28(2,3)4)15-23(22)35-27/h5-12,16-18H,13-15H2,1-4H3,(H,30,33)(H,31,32). The van der Waals surface area contributed by atoms with E-state index in [0.717, 1.165) is 30.5 Å². The van der Waals surface area contributed by atoms with E-state index < -0.39 is 6.10 Å². The highest BCUT2D eigenvalue weighted by Gasteiger charge is 2.34. The molecule has 0 saturated carbocycles. The number of fused-ring (bicyclic) bond motifs is 1. The van der Waals surface area contributed by atoms with Crippen molar-refractivity contribution in [3.63, 3.8) is 0 Å². The van der Waals surface area contributed by atoms with Crippen molar-refractivity contribution in [3.8, 4) is 5.75 Å². The molecule has 1 heterocycles. The van der Waals surface area contributed by atoms with Crippen molar-refractivity contribution < 1.29 is 14.3 Å². The number of hydrogen-bond acceptors (Lipinski definition) is 4. The van der Waals surface area contributed by atoms with Crippen LogP contribution in [0.25, 0.3) is 0 Å². The maximum atomic E-state index is 13.4. The highest BCUT2D eigenvalue weighted by atomic mass is 35.5. The average molecular weight is 511 g/mol. The maximum Gasteiger partial charge on any atom is 0.265 e. The molecular formula is C28H31ClN2O3S. The maximum absolute atomic E-state index is 13.4. The predicted octanol–water partition coefficient (Wildman–Crippen LogP) is 7.21. The molecular weight excluding hydrogens is 480 g/mol. The van der Waals surface area contributed by atoms with Crippen molar-refractivity contribution in [1.29, 1.82) is 0 Å². The Morgan fingerprint density at radius 3 is 2.51 bits per heavy atom. The number of halogens is 1. The zero-order chi connectivity index (χ0) is 25.2. The van der Waals surface area contributed by atoms with Crippen LogP contribution in [0.1, 0.15) is 54.9 Å². The van der Waals surface area contributed by atoms with Crippen LogP contribution in [0.3, 0.4) is 0 Å². The van der Waals surface area contributed by atoms with E-state index >= 15 is 0 Å². The molecule has 5 nitrogen and oxygen atoms in total. The molecule has 7 heteroatoms. The van der Waals surface area contributed by atoms with E-state index in [0.29, 0.717) is 27.3 Å². The number of anilines is 2. The van der Waals surface area contributed by atoms with Crippen LogP contribution in [0, 0.1) is 11.3 Å². The van der Waals surface area contributed by atoms with Gasteiger partial charge in [0.2, 0.25) is 0 Å². The van der Waals surface area contributed by atoms with Gasteiger partial charge in [-0.3, -0.25) is 9.59 Å². The van der Waals surface area contributed by atoms with Crippen molar-refractivity contribution in [3.05, 3.63) is 75.6 Å². The van der Waals surface area contributed by atoms with Gasteiger partial charge in [-0.15, -0.1) is 11.3 Å². The summed E-state index contributed by atoms with van der Waals surface area (Å²) in [5, 5.41) is 7.09. The fraction of sp³-hybridized carbons (Fsp3) is 0.357. The molecule has 2 N–H and O–H groups in total. The van der Waals surface area contributed by atoms with Crippen molar-refractivity contribution in [2.24, 2.45) is 11.3 Å². The van der Waals surface area contributed by atoms with Gasteiger partial charge in [0.1, 0.15) is 10.8 Å². The second kappa shape index (κ2) is 10.4. The number of hydrogen-bond donors (Lipinski definition) is 2. The molecule has 4 rings (SSSR count). The summed E-state index contributed by atoms with van der Waals surface area (Å²) < 4.78 is 5.80. The molecule has 0 fully saturated rings. The second-order valence-corrected chi connectivity index (χ2v) is 11.6. The Labute approximate surface area is 215 Å². The Hall–Kier alpha value is -2.83. The summed E-state index contributed by atoms with van der Waals surface area (Å²) in [5.74, 6) is 0.513. The molecule has 0 aliphatic heterocycles. The van der Waals surface area contributed by atoms with Crippen LogP contribution in [-0.4, -0.2) is 17.9 Å². The first-order valence-corrected chi connectivity index (χ1v) is 13.1. The Kier molecular flexibility index (Phi) is 7.53. The Balaban J connectivity index is 1.60. The summed E-state index contributed by atoms with van der Waals surface area (Å²) in [5.41, 5.74) is 2.50. The number of benzene rings is 2. The van der Waals surface area contributed by atoms with Gasteiger partial charge in [0.25, 0.3) is 11.8 Å². The SMILES string of the molecule is CC(Oc1cccc(Cl)c1)C(=O)Nc1sc2c(c1C(=O)Nc1ccccc1)CCC(C(C)(C)C)C2. The lowest BCUT2D eigenvalue weighted by Gasteiger charge is -2.33. The number of carbonyl (C=O) groups excluding carboxylic acids is 2. The van der Waals surface area contributed by atoms with E-state index in [4.69, 9.17) is 16.3 Å². The van der Waals surface area contributed by atoms with Crippen LogP contribution < -0.4 is 15.4 Å². The lowest BCUT2D eigenvalue weighted by molar-refractivity contribution is -0.122. The van der Waals surface area contributed by atoms with Crippen LogP contribution in [0.5, 0.6) is 5.75 Å². The van der Waals surface area contributed by atoms with Gasteiger partial charge in [0.05, 0.1) is 5.56 Å². The molecule has 1 aliphatic carbocycles. The van der Waals surface area contributed by atoms with Gasteiger partial charge in [-0.1, -0.05) is 56.6 Å². The topological polar surface area (TPSA) is 67.4 Å². The molecule has 2 aromatic carbocycles. The zero-order valence-electron chi connectivity index (χ0n) is 20.5. The second-order valence-electron chi connectivity index (χ2n) is 10.0. The Morgan fingerprint density at radius 2 is 1.83 bits per heavy atom. The van der Waals surface area contributed by atoms with Crippen LogP contribution >= 0.6 is 22.9 Å². The van der Waals surface area contributed by atoms with E-state index in [1.165, 1.54) is 16.2 Å². The molecule has 2 atom stereocenters. The lowest BCUT2D eigenvalue weighted by atomic mass is 9.72. The van der Waals surface area contributed by atoms with Gasteiger partial charge in [-0.05, 0) is 73.4 Å². The summed E-state index contributed by atoms with van der Waals surface area (Å²) in [6, 6.07) is 16.3. The van der Waals surface area contributed by atoms with E-state index in [9.17, 15) is 9.59 Å². The lowest BCUT2D eigenvalue weighted by Crippen LogP contribution is -2.30. The molecule has 2 unspecified atom stereocenters. The van der Waals surface area contributed by atoms with Gasteiger partial charge >= 0.3 is 0 Å². The summed E-state index contributed by atoms with van der Waals surface area (Å²) in [6.07, 6.45) is 1.97. The van der Waals surface area contributed by atoms with E-state index in [1.807, 2.05) is 30.3 Å². The third-order valence-corrected chi connectivity index (χ3v) is 7.87. The highest BCUT2D eigenvalue weighted by molar-refractivity contribution is 7.17. The largest absolute Gasteiger partial charge is 0.481 e. The Morgan fingerprint density at radius 1 is 1.09 bits per heavy atom. The molecule has 3 aromatic rings. The van der Waals surface area contributed by atoms with Crippen molar-refractivity contribution in [1.82, 2.24) is 0 Å². The number of para-hydroxylation sites is 1. The van der Waals surface area contributed by atoms with Gasteiger partial charge in [0, 0.05) is 15.6 Å². The first kappa shape index (κ1) is 25.3. The van der Waals surface area contributed by atoms with Crippen molar-refractivity contribution in [2.75, 3.05) is 10.6 Å². The van der Waals surface area contributed by atoms with Crippen molar-refractivity contribution in [2.45, 2.75) is 53.1 Å². The summed E-state index contributed by atoms with van der Waals surface area (Å²) in [7, 11) is 0. The summed E-state index contributed by atoms with van der Waals surface area (Å²) in [6.45, 7) is 8.47. The molecule has 0 bridgehead atoms. The van der Waals surface area contributed by atoms with Crippen molar-refractivity contribution >= 4 is 45.4 Å². The van der Waals surface area contributed by atoms with E-state index in [2.05, 4.69) is 31.4 Å². The van der Waals surface area contributed by atoms with Crippen LogP contribution in [0.2, 0.25) is 5.02 Å². The normalized spacial score (nSPS) is 16.2. The van der Waals surface area contributed by atoms with Gasteiger partial charge in [-0.25, -0.2) is 0 Å². The minimum Gasteiger partial charge on any atom is -0.481 e. The smallest absolute Gasteiger partial charge is 0.265 e. The summed E-state index contributed by atoms with van der Waals surface area (Å²) in [4.78, 5) is 27.7. The monoisotopic (exact) mass is 510 g/mol. The number of nitrogens with one attached hydrogen (secondary N) is 2. The molecule has 35 heavy (non-hydrogen) atoms. The predicted molar refractivity (Wildman–Crippen MR) is 144 cm³/mol. The fourth-order valence-corrected chi connectivity index (χ4v) is 5.89. The number of carbonyl (C=O) groups is 2. The third kappa shape index (κ3) is 6.06. The van der Waals surface area contributed by atoms with Crippen LogP contribution in [-0.2, 0) is 17.6 Å². The van der Waals surface area contributed by atoms with Crippen LogP contribution in [0.15, 0.2) is 54.6 Å².